The average molecular weight is 479 g/mol. The Hall–Kier alpha value is -1.30. The third-order valence-electron chi connectivity index (χ3n) is 4.53. The van der Waals surface area contributed by atoms with Gasteiger partial charge in [0.1, 0.15) is 12.4 Å². The zero-order valence-electron chi connectivity index (χ0n) is 15.5. The number of nitrogens with zero attached hydrogens (tertiary/aromatic N) is 3. The Kier molecular flexibility index (Phi) is 6.43. The number of hydrogen-bond acceptors (Lipinski definition) is 3. The summed E-state index contributed by atoms with van der Waals surface area (Å²) in [6, 6.07) is 8.60. The minimum absolute atomic E-state index is 0.526. The van der Waals surface area contributed by atoms with Crippen LogP contribution in [0.15, 0.2) is 36.0 Å². The lowest BCUT2D eigenvalue weighted by molar-refractivity contribution is 0.178. The SMILES string of the molecule is CC/C(C)=C/c1c(-c2ccc3nc(COC)n(PI)c3c2)ccnc1C. The summed E-state index contributed by atoms with van der Waals surface area (Å²) >= 11 is 2.40. The average Bonchev–Trinajstić information content (AvgIpc) is 2.99. The highest BCUT2D eigenvalue weighted by molar-refractivity contribution is 14.2. The smallest absolute Gasteiger partial charge is 0.139 e. The van der Waals surface area contributed by atoms with E-state index in [1.807, 2.05) is 6.20 Å². The number of halogens is 1. The first kappa shape index (κ1) is 19.5. The second-order valence-corrected chi connectivity index (χ2v) is 8.35. The van der Waals surface area contributed by atoms with E-state index < -0.39 is 0 Å². The second-order valence-electron chi connectivity index (χ2n) is 6.29. The van der Waals surface area contributed by atoms with Crippen LogP contribution in [0.5, 0.6) is 0 Å². The molecule has 0 saturated heterocycles. The van der Waals surface area contributed by atoms with Crippen molar-refractivity contribution in [3.05, 3.63) is 53.1 Å². The molecule has 0 aliphatic rings. The van der Waals surface area contributed by atoms with E-state index in [1.165, 1.54) is 22.3 Å². The number of hydrogen-bond donors (Lipinski definition) is 0. The molecule has 0 aliphatic carbocycles. The maximum atomic E-state index is 5.31. The second kappa shape index (κ2) is 8.59. The van der Waals surface area contributed by atoms with Crippen LogP contribution in [0.4, 0.5) is 0 Å². The van der Waals surface area contributed by atoms with E-state index in [0.717, 1.165) is 29.0 Å². The van der Waals surface area contributed by atoms with Gasteiger partial charge < -0.3 is 4.74 Å². The maximum Gasteiger partial charge on any atom is 0.139 e. The molecule has 3 aromatic rings. The third kappa shape index (κ3) is 3.85. The zero-order valence-corrected chi connectivity index (χ0v) is 18.7. The van der Waals surface area contributed by atoms with Gasteiger partial charge >= 0.3 is 0 Å². The standard InChI is InChI=1S/C20H23IN3OP/c1-5-13(2)10-17-14(3)22-9-8-16(17)15-6-7-18-19(11-15)24(26-21)20(23-18)12-25-4/h6-11,26H,5,12H2,1-4H3/b13-10+. The number of pyridine rings is 1. The van der Waals surface area contributed by atoms with Crippen LogP contribution in [-0.4, -0.2) is 21.4 Å². The Morgan fingerprint density at radius 3 is 2.85 bits per heavy atom. The third-order valence-corrected chi connectivity index (χ3v) is 6.65. The van der Waals surface area contributed by atoms with Crippen LogP contribution in [0.1, 0.15) is 37.4 Å². The summed E-state index contributed by atoms with van der Waals surface area (Å²) in [5.74, 6) is 0.972. The Morgan fingerprint density at radius 2 is 2.15 bits per heavy atom. The molecule has 0 spiro atoms. The molecule has 6 heteroatoms. The molecule has 0 radical (unpaired) electrons. The van der Waals surface area contributed by atoms with E-state index in [9.17, 15) is 0 Å². The van der Waals surface area contributed by atoms with E-state index in [-0.39, 0.29) is 0 Å². The molecule has 0 N–H and O–H groups in total. The Balaban J connectivity index is 2.19. The van der Waals surface area contributed by atoms with Crippen LogP contribution in [0.2, 0.25) is 0 Å². The lowest BCUT2D eigenvalue weighted by Gasteiger charge is -2.11. The fraction of sp³-hybridized carbons (Fsp3) is 0.300. The van der Waals surface area contributed by atoms with Crippen molar-refractivity contribution in [2.24, 2.45) is 0 Å². The molecule has 1 unspecified atom stereocenters. The summed E-state index contributed by atoms with van der Waals surface area (Å²) in [5.41, 5.74) is 8.18. The van der Waals surface area contributed by atoms with E-state index >= 15 is 0 Å². The number of methoxy groups -OCH3 is 1. The number of allylic oxidation sites excluding steroid dienone is 1. The largest absolute Gasteiger partial charge is 0.377 e. The number of imidazole rings is 1. The van der Waals surface area contributed by atoms with Crippen LogP contribution < -0.4 is 0 Å². The van der Waals surface area contributed by atoms with Gasteiger partial charge in [0.15, 0.2) is 0 Å². The Morgan fingerprint density at radius 1 is 1.35 bits per heavy atom. The molecule has 0 bridgehead atoms. The summed E-state index contributed by atoms with van der Waals surface area (Å²) in [5, 5.41) is 0. The summed E-state index contributed by atoms with van der Waals surface area (Å²) in [7, 11) is 1.71. The molecule has 1 aromatic carbocycles. The van der Waals surface area contributed by atoms with Crippen molar-refractivity contribution in [3.63, 3.8) is 0 Å². The van der Waals surface area contributed by atoms with Gasteiger partial charge in [-0.25, -0.2) is 4.98 Å². The molecule has 26 heavy (non-hydrogen) atoms. The van der Waals surface area contributed by atoms with Crippen LogP contribution in [0, 0.1) is 6.92 Å². The minimum atomic E-state index is 0.526. The molecule has 3 rings (SSSR count). The van der Waals surface area contributed by atoms with Crippen LogP contribution >= 0.6 is 28.4 Å². The highest BCUT2D eigenvalue weighted by Crippen LogP contribution is 2.35. The van der Waals surface area contributed by atoms with Gasteiger partial charge in [0.25, 0.3) is 0 Å². The van der Waals surface area contributed by atoms with E-state index in [1.54, 1.807) is 7.11 Å². The van der Waals surface area contributed by atoms with Gasteiger partial charge in [0.2, 0.25) is 0 Å². The van der Waals surface area contributed by atoms with Crippen molar-refractivity contribution in [2.45, 2.75) is 33.8 Å². The van der Waals surface area contributed by atoms with Crippen LogP contribution in [0.25, 0.3) is 28.2 Å². The number of aromatic nitrogens is 3. The number of rotatable bonds is 6. The minimum Gasteiger partial charge on any atom is -0.377 e. The molecule has 4 nitrogen and oxygen atoms in total. The molecule has 0 fully saturated rings. The van der Waals surface area contributed by atoms with Crippen molar-refractivity contribution in [3.8, 4) is 11.1 Å². The summed E-state index contributed by atoms with van der Waals surface area (Å²) in [6.07, 6.45) is 5.77. The van der Waals surface area contributed by atoms with Gasteiger partial charge in [0.05, 0.1) is 11.0 Å². The van der Waals surface area contributed by atoms with Gasteiger partial charge in [-0.3, -0.25) is 9.32 Å². The molecule has 0 saturated carbocycles. The predicted molar refractivity (Wildman–Crippen MR) is 120 cm³/mol. The number of aryl methyl sites for hydroxylation is 1. The van der Waals surface area contributed by atoms with E-state index in [0.29, 0.717) is 13.0 Å². The van der Waals surface area contributed by atoms with Crippen molar-refractivity contribution >= 4 is 45.5 Å². The summed E-state index contributed by atoms with van der Waals surface area (Å²) in [6.45, 7) is 6.95. The maximum absolute atomic E-state index is 5.31. The summed E-state index contributed by atoms with van der Waals surface area (Å²) in [4.78, 5) is 9.22. The van der Waals surface area contributed by atoms with E-state index in [4.69, 9.17) is 9.72 Å². The van der Waals surface area contributed by atoms with Gasteiger partial charge in [-0.05, 0) is 71.6 Å². The van der Waals surface area contributed by atoms with Gasteiger partial charge in [0, 0.05) is 30.9 Å². The molecule has 2 aromatic heterocycles. The van der Waals surface area contributed by atoms with Gasteiger partial charge in [-0.2, -0.15) is 0 Å². The van der Waals surface area contributed by atoms with E-state index in [2.05, 4.69) is 82.5 Å². The fourth-order valence-electron chi connectivity index (χ4n) is 2.97. The molecule has 0 aliphatic heterocycles. The highest BCUT2D eigenvalue weighted by Gasteiger charge is 2.13. The molecule has 2 heterocycles. The fourth-order valence-corrected chi connectivity index (χ4v) is 5.07. The van der Waals surface area contributed by atoms with Crippen LogP contribution in [0.3, 0.4) is 0 Å². The molecular formula is C20H23IN3OP. The lowest BCUT2D eigenvalue weighted by Crippen LogP contribution is -1.95. The molecule has 0 amide bonds. The number of ether oxygens (including phenoxy) is 1. The quantitative estimate of drug-likeness (QED) is 0.314. The molecular weight excluding hydrogens is 456 g/mol. The lowest BCUT2D eigenvalue weighted by atomic mass is 9.97. The molecule has 136 valence electrons. The van der Waals surface area contributed by atoms with Crippen molar-refractivity contribution < 1.29 is 4.74 Å². The first-order valence-electron chi connectivity index (χ1n) is 8.59. The normalized spacial score (nSPS) is 12.6. The highest BCUT2D eigenvalue weighted by atomic mass is 127. The van der Waals surface area contributed by atoms with Gasteiger partial charge in [-0.15, -0.1) is 0 Å². The molecule has 1 atom stereocenters. The number of benzene rings is 1. The first-order valence-corrected chi connectivity index (χ1v) is 12.6. The topological polar surface area (TPSA) is 39.9 Å². The number of fused-ring (bicyclic) bond motifs is 1. The van der Waals surface area contributed by atoms with Gasteiger partial charge in [-0.1, -0.05) is 24.6 Å². The zero-order chi connectivity index (χ0) is 18.7. The Labute approximate surface area is 169 Å². The van der Waals surface area contributed by atoms with Crippen LogP contribution in [-0.2, 0) is 11.3 Å². The van der Waals surface area contributed by atoms with Crippen molar-refractivity contribution in [1.29, 1.82) is 0 Å². The first-order chi connectivity index (χ1) is 12.6. The van der Waals surface area contributed by atoms with Crippen molar-refractivity contribution in [2.75, 3.05) is 7.11 Å². The van der Waals surface area contributed by atoms with Crippen molar-refractivity contribution in [1.82, 2.24) is 14.3 Å². The monoisotopic (exact) mass is 479 g/mol. The Bertz CT molecular complexity index is 965. The summed E-state index contributed by atoms with van der Waals surface area (Å²) < 4.78 is 7.55. The predicted octanol–water partition coefficient (Wildman–Crippen LogP) is 6.16.